The van der Waals surface area contributed by atoms with Crippen LogP contribution in [-0.4, -0.2) is 247 Å². The second kappa shape index (κ2) is 64.2. The van der Waals surface area contributed by atoms with Gasteiger partial charge in [0.15, 0.2) is 53.5 Å². The summed E-state index contributed by atoms with van der Waals surface area (Å²) in [7, 11) is -7.37. The number of aromatic nitrogens is 4. The second-order valence-corrected chi connectivity index (χ2v) is 64.0. The summed E-state index contributed by atoms with van der Waals surface area (Å²) >= 11 is 12.7. The molecule has 0 saturated carbocycles. The number of non-ortho nitro benzene ring substituents is 3. The maximum absolute atomic E-state index is 13.6. The van der Waals surface area contributed by atoms with Crippen molar-refractivity contribution in [1.82, 2.24) is 19.6 Å². The molecule has 1 aliphatic heterocycles. The molecule has 3 N–H and O–H groups in total. The fourth-order valence-electron chi connectivity index (χ4n) is 14.3. The summed E-state index contributed by atoms with van der Waals surface area (Å²) in [5, 5.41) is 69.1. The van der Waals surface area contributed by atoms with Gasteiger partial charge in [-0.05, 0) is 257 Å². The van der Waals surface area contributed by atoms with E-state index in [2.05, 4.69) is 153 Å². The number of aliphatic hydroxyl groups is 3. The molecule has 8 atom stereocenters. The van der Waals surface area contributed by atoms with Crippen LogP contribution >= 0.6 is 43.5 Å². The highest BCUT2D eigenvalue weighted by molar-refractivity contribution is 9.28. The van der Waals surface area contributed by atoms with Crippen LogP contribution < -0.4 is 4.90 Å². The molecule has 822 valence electrons. The van der Waals surface area contributed by atoms with E-state index in [-0.39, 0.29) is 53.6 Å². The average molecular weight is 2310 g/mol. The number of rotatable bonds is 49. The van der Waals surface area contributed by atoms with Crippen LogP contribution in [0.15, 0.2) is 131 Å². The van der Waals surface area contributed by atoms with Crippen LogP contribution in [0.4, 0.5) is 59.3 Å². The number of carbonyl (C=O) groups is 4. The molecule has 0 aliphatic carbocycles. The number of nitrogens with zero attached hydrogens (tertiary/aromatic N) is 8. The van der Waals surface area contributed by atoms with Crippen molar-refractivity contribution in [3.8, 4) is 24.2 Å². The zero-order chi connectivity index (χ0) is 112. The standard InChI is InChI=1S/C21H17ClFN5O.C17H26FNO5Si.C11H21Br2FOSi.C11H12FNO5.C11H21FOSi.C11H11NO5.C10H23FO2Si.C10H21FO2Si/c1-21(29,12-23)9-8-14-4-3-5-16(10-14)27(2)19-17-7-6-15(22)11-18(17)28-13-24-26-20(28)25-19;1-5-25(6-2,7-3)24-17(4,12-18)13-23-16(20)14-8-10-15(11-9-14)19(21)22;1-5-16(6-2,7-3)15-11(4,9-14)8-10(12)13;1-11(15,6-12)7-18-10(14)8-2-4-9(5-3-8)13(16)17;1-6-11(5,10-12)13-14(7-2,8-3)9-4;1-11(7-17-11)6-16-10(13)8-2-4-9(5-3-8)12(14)15;2*1-5-14(6-2,7-3)13-10(4,8-11)9-12/h3-7,10-11,13,29H,12H2,1-2H3;8-11H,5-7,12-13H2,1-4H3;8H,5-7,9H2,1-4H3;2-5,15H,6-7H2,1H3;1H,7-10H2,2-5H3;2-5H,6-7H2,1H3;12H,5-9H2,1-4H3;9H,5-8H2,1-4H3/t21-;17-;4*11-;2*10-/m10101100/s1. The van der Waals surface area contributed by atoms with Gasteiger partial charge in [0.2, 0.25) is 0 Å². The molecule has 0 bridgehead atoms. The van der Waals surface area contributed by atoms with Crippen molar-refractivity contribution in [3.63, 3.8) is 0 Å². The molecule has 147 heavy (non-hydrogen) atoms. The lowest BCUT2D eigenvalue weighted by Gasteiger charge is -2.38. The third-order valence-electron chi connectivity index (χ3n) is 25.5. The monoisotopic (exact) mass is 2310 g/mol. The Labute approximate surface area is 888 Å². The number of ether oxygens (including phenoxy) is 4. The maximum Gasteiger partial charge on any atom is 0.338 e. The third kappa shape index (κ3) is 44.7. The minimum atomic E-state index is -2.05. The lowest BCUT2D eigenvalue weighted by atomic mass is 10.1. The summed E-state index contributed by atoms with van der Waals surface area (Å²) in [5.41, 5.74) is -6.37. The van der Waals surface area contributed by atoms with E-state index in [9.17, 15) is 90.5 Å². The second-order valence-electron chi connectivity index (χ2n) is 37.4. The summed E-state index contributed by atoms with van der Waals surface area (Å²) in [4.78, 5) is 82.2. The molecule has 7 aromatic rings. The summed E-state index contributed by atoms with van der Waals surface area (Å²) in [5.74, 6) is 6.99. The highest BCUT2D eigenvalue weighted by atomic mass is 79.9. The first-order chi connectivity index (χ1) is 68.9. The van der Waals surface area contributed by atoms with Gasteiger partial charge in [0.05, 0.1) is 53.6 Å². The quantitative estimate of drug-likeness (QED) is 0.00367. The number of halogens is 10. The number of benzene rings is 5. The smallest absolute Gasteiger partial charge is 0.338 e. The van der Waals surface area contributed by atoms with Crippen LogP contribution in [0.2, 0.25) is 95.7 Å². The van der Waals surface area contributed by atoms with E-state index in [1.54, 1.807) is 56.6 Å². The minimum absolute atomic E-state index is 0.0564. The maximum atomic E-state index is 13.6. The van der Waals surface area contributed by atoms with Gasteiger partial charge in [0, 0.05) is 65.1 Å². The number of nitro groups is 3. The van der Waals surface area contributed by atoms with Crippen LogP contribution in [0.5, 0.6) is 0 Å². The number of alkyl halides is 7. The van der Waals surface area contributed by atoms with Crippen LogP contribution in [0.25, 0.3) is 16.7 Å². The predicted molar refractivity (Wildman–Crippen MR) is 584 cm³/mol. The number of hydrogen-bond donors (Lipinski definition) is 3. The Morgan fingerprint density at radius 3 is 1.28 bits per heavy atom. The number of aldehydes is 1. The van der Waals surface area contributed by atoms with E-state index < -0.39 is 167 Å². The Kier molecular flexibility index (Phi) is 59.6. The Hall–Kier alpha value is -8.67. The Balaban J connectivity index is 0.000000854. The van der Waals surface area contributed by atoms with Gasteiger partial charge in [0.25, 0.3) is 22.8 Å². The Morgan fingerprint density at radius 1 is 0.544 bits per heavy atom. The number of anilines is 2. The third-order valence-corrected chi connectivity index (χ3v) is 50.0. The van der Waals surface area contributed by atoms with Gasteiger partial charge in [-0.1, -0.05) is 139 Å². The predicted octanol–water partition coefficient (Wildman–Crippen LogP) is 25.7. The summed E-state index contributed by atoms with van der Waals surface area (Å²) in [6.07, 6.45) is 9.24. The lowest BCUT2D eigenvalue weighted by Crippen LogP contribution is -2.49. The van der Waals surface area contributed by atoms with Crippen molar-refractivity contribution in [2.24, 2.45) is 0 Å². The van der Waals surface area contributed by atoms with Crippen molar-refractivity contribution < 1.29 is 121 Å². The molecule has 30 nitrogen and oxygen atoms in total. The molecule has 1 fully saturated rings. The number of aliphatic hydroxyl groups excluding tert-OH is 1. The van der Waals surface area contributed by atoms with Crippen molar-refractivity contribution in [1.29, 1.82) is 0 Å². The molecule has 45 heteroatoms. The highest BCUT2D eigenvalue weighted by Crippen LogP contribution is 2.38. The van der Waals surface area contributed by atoms with Crippen molar-refractivity contribution in [3.05, 3.63) is 189 Å². The van der Waals surface area contributed by atoms with Crippen molar-refractivity contribution in [2.75, 3.05) is 91.7 Å². The number of esters is 3. The number of nitro benzene ring substituents is 3. The van der Waals surface area contributed by atoms with E-state index in [4.69, 9.17) is 59.5 Å². The lowest BCUT2D eigenvalue weighted by molar-refractivity contribution is -0.385. The van der Waals surface area contributed by atoms with Crippen molar-refractivity contribution in [2.45, 2.75) is 295 Å². The fourth-order valence-corrected chi connectivity index (χ4v) is 30.7. The van der Waals surface area contributed by atoms with Crippen LogP contribution in [0.3, 0.4) is 0 Å². The van der Waals surface area contributed by atoms with Crippen LogP contribution in [0.1, 0.15) is 196 Å². The number of fused-ring (bicyclic) bond motifs is 3. The van der Waals surface area contributed by atoms with Gasteiger partial charge < -0.3 is 66.1 Å². The van der Waals surface area contributed by atoms with E-state index in [1.807, 2.05) is 70.0 Å². The van der Waals surface area contributed by atoms with E-state index >= 15 is 0 Å². The van der Waals surface area contributed by atoms with Gasteiger partial charge in [-0.15, -0.1) is 16.6 Å². The molecule has 3 heterocycles. The molecular formula is C102H152Br2ClF7N8O22Si5. The molecule has 5 aromatic carbocycles. The Morgan fingerprint density at radius 2 is 0.932 bits per heavy atom. The zero-order valence-corrected chi connectivity index (χ0v) is 98.3. The van der Waals surface area contributed by atoms with Crippen LogP contribution in [0, 0.1) is 54.5 Å². The average Bonchev–Trinajstić information content (AvgIpc) is 1.70. The van der Waals surface area contributed by atoms with Crippen LogP contribution in [-0.2, 0) is 45.9 Å². The fraction of sp³-hybridized carbons (Fsp3) is 0.578. The normalized spacial score (nSPS) is 15.6. The summed E-state index contributed by atoms with van der Waals surface area (Å²) in [6.45, 7) is 38.6. The first-order valence-corrected chi connectivity index (χ1v) is 63.5. The van der Waals surface area contributed by atoms with Gasteiger partial charge in [0.1, 0.15) is 118 Å². The SMILES string of the molecule is C#C[C@](C)(CF)O[Si](CC)(CC)CC.CC[Si](CC)(CC)O[C@@](C)(CF)COC(=O)c1ccc([N+](=O)[O-])cc1.CC[Si](CC)(CC)O[C@](C)(C=C(Br)Br)CF.CC[Si](CC)(CC)O[C@](C)(C=O)CF.CC[Si](CC)(CC)O[C@](C)(CO)CF.CN(c1cccc(C#C[C@@](C)(O)CF)c1)c1nc2nncn2c2cc(Cl)ccc12.C[C@@]1(COC(=O)c2ccc([N+](=O)[O-])cc2)CO1.C[C@](O)(CF)COC(=O)c1ccc([N+](=O)[O-])cc1. The molecule has 0 spiro atoms. The summed E-state index contributed by atoms with van der Waals surface area (Å²) in [6, 6.07) is 42.5. The number of epoxide rings is 1. The molecule has 0 radical (unpaired) electrons. The molecule has 8 rings (SSSR count). The van der Waals surface area contributed by atoms with Gasteiger partial charge in [-0.2, -0.15) is 4.98 Å². The van der Waals surface area contributed by atoms with Gasteiger partial charge in [-0.25, -0.2) is 45.1 Å². The molecule has 2 aromatic heterocycles. The molecule has 0 amide bonds. The topological polar surface area (TPSA) is 391 Å². The molecule has 1 aliphatic rings. The molecule has 0 unspecified atom stereocenters. The van der Waals surface area contributed by atoms with E-state index in [0.29, 0.717) is 40.6 Å². The Bertz CT molecular complexity index is 5330. The highest BCUT2D eigenvalue weighted by Gasteiger charge is 2.45. The number of hydrogen-bond acceptors (Lipinski definition) is 26. The zero-order valence-electron chi connectivity index (χ0n) is 89.3. The van der Waals surface area contributed by atoms with Gasteiger partial charge in [-0.3, -0.25) is 34.7 Å². The minimum Gasteiger partial charge on any atom is -0.459 e. The van der Waals surface area contributed by atoms with E-state index in [1.165, 1.54) is 81.4 Å². The van der Waals surface area contributed by atoms with E-state index in [0.717, 1.165) is 123 Å². The van der Waals surface area contributed by atoms with Gasteiger partial charge >= 0.3 is 17.9 Å². The van der Waals surface area contributed by atoms with Crippen molar-refractivity contribution >= 4 is 154 Å². The largest absolute Gasteiger partial charge is 0.459 e. The first-order valence-electron chi connectivity index (χ1n) is 48.9. The number of carbonyl (C=O) groups excluding carboxylic acids is 4. The molecular weight excluding hydrogens is 2160 g/mol. The molecule has 1 saturated heterocycles. The first kappa shape index (κ1) is 136. The summed E-state index contributed by atoms with van der Waals surface area (Å²) < 4.78 is 142. The number of terminal acetylenes is 1.